The van der Waals surface area contributed by atoms with Gasteiger partial charge in [0.15, 0.2) is 11.6 Å². The van der Waals surface area contributed by atoms with Crippen molar-refractivity contribution in [3.8, 4) is 11.3 Å². The Hall–Kier alpha value is -2.37. The van der Waals surface area contributed by atoms with Gasteiger partial charge in [-0.1, -0.05) is 6.07 Å². The van der Waals surface area contributed by atoms with Gasteiger partial charge in [0.05, 0.1) is 0 Å². The van der Waals surface area contributed by atoms with E-state index in [1.807, 2.05) is 6.92 Å². The molecule has 0 aliphatic heterocycles. The molecule has 0 spiro atoms. The lowest BCUT2D eigenvalue weighted by atomic mass is 10.0. The summed E-state index contributed by atoms with van der Waals surface area (Å²) in [5.74, 6) is -1.03. The minimum absolute atomic E-state index is 0.0688. The fourth-order valence-electron chi connectivity index (χ4n) is 1.56. The number of anilines is 3. The van der Waals surface area contributed by atoms with Crippen molar-refractivity contribution in [2.45, 2.75) is 6.92 Å². The van der Waals surface area contributed by atoms with Crippen LogP contribution in [0.3, 0.4) is 0 Å². The molecule has 0 aliphatic carbocycles. The maximum absolute atomic E-state index is 13.8. The first-order valence-electron chi connectivity index (χ1n) is 4.94. The topological polar surface area (TPSA) is 104 Å². The first kappa shape index (κ1) is 11.1. The molecule has 88 valence electrons. The number of nitrogens with zero attached hydrogens (tertiary/aromatic N) is 2. The number of hydrogen-bond acceptors (Lipinski definition) is 5. The minimum Gasteiger partial charge on any atom is -0.399 e. The third-order valence-corrected chi connectivity index (χ3v) is 2.41. The molecule has 2 rings (SSSR count). The second kappa shape index (κ2) is 3.89. The minimum atomic E-state index is -0.687. The van der Waals surface area contributed by atoms with Crippen molar-refractivity contribution < 1.29 is 4.39 Å². The van der Waals surface area contributed by atoms with E-state index < -0.39 is 5.82 Å². The lowest BCUT2D eigenvalue weighted by Crippen LogP contribution is -2.05. The quantitative estimate of drug-likeness (QED) is 0.645. The van der Waals surface area contributed by atoms with Gasteiger partial charge in [0.2, 0.25) is 5.95 Å². The van der Waals surface area contributed by atoms with Gasteiger partial charge in [-0.2, -0.15) is 4.98 Å². The van der Waals surface area contributed by atoms with E-state index in [4.69, 9.17) is 17.2 Å². The van der Waals surface area contributed by atoms with Crippen molar-refractivity contribution in [3.05, 3.63) is 29.6 Å². The van der Waals surface area contributed by atoms with E-state index in [9.17, 15) is 4.39 Å². The van der Waals surface area contributed by atoms with Crippen LogP contribution < -0.4 is 17.2 Å². The number of nitrogen functional groups attached to an aromatic ring is 3. The van der Waals surface area contributed by atoms with Crippen molar-refractivity contribution in [1.82, 2.24) is 9.97 Å². The zero-order valence-electron chi connectivity index (χ0n) is 9.24. The molecule has 5 nitrogen and oxygen atoms in total. The van der Waals surface area contributed by atoms with Crippen LogP contribution in [0.15, 0.2) is 18.2 Å². The monoisotopic (exact) mass is 233 g/mol. The zero-order chi connectivity index (χ0) is 12.6. The van der Waals surface area contributed by atoms with Crippen LogP contribution in [0.5, 0.6) is 0 Å². The summed E-state index contributed by atoms with van der Waals surface area (Å²) in [5.41, 5.74) is 18.5. The highest BCUT2D eigenvalue weighted by Gasteiger charge is 2.14. The summed E-state index contributed by atoms with van der Waals surface area (Å²) >= 11 is 0. The van der Waals surface area contributed by atoms with Gasteiger partial charge in [0.1, 0.15) is 5.69 Å². The number of benzene rings is 1. The van der Waals surface area contributed by atoms with E-state index in [1.165, 1.54) is 0 Å². The Labute approximate surface area is 97.5 Å². The molecule has 0 bridgehead atoms. The molecule has 0 saturated carbocycles. The molecular formula is C11H12FN5. The van der Waals surface area contributed by atoms with Gasteiger partial charge in [0, 0.05) is 11.3 Å². The zero-order valence-corrected chi connectivity index (χ0v) is 9.24. The van der Waals surface area contributed by atoms with Gasteiger partial charge in [-0.15, -0.1) is 0 Å². The van der Waals surface area contributed by atoms with Gasteiger partial charge < -0.3 is 17.2 Å². The SMILES string of the molecule is Cc1ccc(N)cc1-c1nc(N)nc(N)c1F. The van der Waals surface area contributed by atoms with E-state index in [-0.39, 0.29) is 17.5 Å². The third-order valence-electron chi connectivity index (χ3n) is 2.41. The fourth-order valence-corrected chi connectivity index (χ4v) is 1.56. The molecule has 0 radical (unpaired) electrons. The number of aromatic nitrogens is 2. The molecule has 0 atom stereocenters. The van der Waals surface area contributed by atoms with Crippen LogP contribution in [0, 0.1) is 12.7 Å². The maximum atomic E-state index is 13.8. The second-order valence-electron chi connectivity index (χ2n) is 3.70. The van der Waals surface area contributed by atoms with E-state index in [2.05, 4.69) is 9.97 Å². The van der Waals surface area contributed by atoms with Gasteiger partial charge in [0.25, 0.3) is 0 Å². The van der Waals surface area contributed by atoms with Crippen molar-refractivity contribution in [2.24, 2.45) is 0 Å². The average molecular weight is 233 g/mol. The Morgan fingerprint density at radius 2 is 1.82 bits per heavy atom. The Bertz CT molecular complexity index is 582. The summed E-state index contributed by atoms with van der Waals surface area (Å²) in [4.78, 5) is 7.41. The van der Waals surface area contributed by atoms with Gasteiger partial charge in [-0.3, -0.25) is 0 Å². The highest BCUT2D eigenvalue weighted by Crippen LogP contribution is 2.28. The third kappa shape index (κ3) is 1.96. The average Bonchev–Trinajstić information content (AvgIpc) is 2.27. The summed E-state index contributed by atoms with van der Waals surface area (Å²) < 4.78 is 13.8. The first-order chi connectivity index (χ1) is 7.99. The van der Waals surface area contributed by atoms with E-state index in [0.717, 1.165) is 5.56 Å². The standard InChI is InChI=1S/C11H12FN5/c1-5-2-3-6(13)4-7(5)9-8(12)10(14)17-11(15)16-9/h2-4H,13H2,1H3,(H4,14,15,16,17). The molecule has 17 heavy (non-hydrogen) atoms. The Balaban J connectivity index is 2.72. The van der Waals surface area contributed by atoms with Crippen LogP contribution in [-0.4, -0.2) is 9.97 Å². The first-order valence-corrected chi connectivity index (χ1v) is 4.94. The number of hydrogen-bond donors (Lipinski definition) is 3. The molecule has 0 aliphatic rings. The molecular weight excluding hydrogens is 221 g/mol. The molecule has 6 N–H and O–H groups in total. The van der Waals surface area contributed by atoms with Crippen molar-refractivity contribution in [1.29, 1.82) is 0 Å². The maximum Gasteiger partial charge on any atom is 0.222 e. The lowest BCUT2D eigenvalue weighted by Gasteiger charge is -2.09. The van der Waals surface area contributed by atoms with Crippen molar-refractivity contribution in [3.63, 3.8) is 0 Å². The largest absolute Gasteiger partial charge is 0.399 e. The van der Waals surface area contributed by atoms with Gasteiger partial charge >= 0.3 is 0 Å². The number of aryl methyl sites for hydroxylation is 1. The van der Waals surface area contributed by atoms with Crippen LogP contribution in [0.2, 0.25) is 0 Å². The van der Waals surface area contributed by atoms with E-state index >= 15 is 0 Å². The predicted octanol–water partition coefficient (Wildman–Crippen LogP) is 1.34. The molecule has 6 heteroatoms. The van der Waals surface area contributed by atoms with Crippen LogP contribution in [0.4, 0.5) is 21.8 Å². The highest BCUT2D eigenvalue weighted by atomic mass is 19.1. The molecule has 0 unspecified atom stereocenters. The fraction of sp³-hybridized carbons (Fsp3) is 0.0909. The second-order valence-corrected chi connectivity index (χ2v) is 3.70. The smallest absolute Gasteiger partial charge is 0.222 e. The Morgan fingerprint density at radius 3 is 2.53 bits per heavy atom. The van der Waals surface area contributed by atoms with Crippen molar-refractivity contribution in [2.75, 3.05) is 17.2 Å². The molecule has 0 saturated heterocycles. The number of nitrogens with two attached hydrogens (primary N) is 3. The Morgan fingerprint density at radius 1 is 1.12 bits per heavy atom. The summed E-state index contributed by atoms with van der Waals surface area (Å²) in [6.45, 7) is 1.82. The molecule has 0 amide bonds. The molecule has 2 aromatic rings. The van der Waals surface area contributed by atoms with E-state index in [1.54, 1.807) is 18.2 Å². The molecule has 1 aromatic carbocycles. The summed E-state index contributed by atoms with van der Waals surface area (Å²) in [7, 11) is 0. The molecule has 1 heterocycles. The van der Waals surface area contributed by atoms with Crippen LogP contribution in [-0.2, 0) is 0 Å². The predicted molar refractivity (Wildman–Crippen MR) is 65.4 cm³/mol. The Kier molecular flexibility index (Phi) is 2.55. The van der Waals surface area contributed by atoms with E-state index in [0.29, 0.717) is 11.3 Å². The number of rotatable bonds is 1. The van der Waals surface area contributed by atoms with Crippen molar-refractivity contribution >= 4 is 17.5 Å². The summed E-state index contributed by atoms with van der Waals surface area (Å²) in [5, 5.41) is 0. The normalized spacial score (nSPS) is 10.5. The van der Waals surface area contributed by atoms with Crippen LogP contribution >= 0.6 is 0 Å². The van der Waals surface area contributed by atoms with Crippen LogP contribution in [0.25, 0.3) is 11.3 Å². The van der Waals surface area contributed by atoms with Gasteiger partial charge in [-0.05, 0) is 24.6 Å². The summed E-state index contributed by atoms with van der Waals surface area (Å²) in [6, 6.07) is 5.13. The highest BCUT2D eigenvalue weighted by molar-refractivity contribution is 5.71. The van der Waals surface area contributed by atoms with Gasteiger partial charge in [-0.25, -0.2) is 9.37 Å². The molecule has 0 fully saturated rings. The van der Waals surface area contributed by atoms with Crippen LogP contribution in [0.1, 0.15) is 5.56 Å². The lowest BCUT2D eigenvalue weighted by molar-refractivity contribution is 0.625. The summed E-state index contributed by atoms with van der Waals surface area (Å²) in [6.07, 6.45) is 0. The molecule has 1 aromatic heterocycles. The number of halogens is 1.